The van der Waals surface area contributed by atoms with Crippen molar-refractivity contribution < 1.29 is 19.1 Å². The van der Waals surface area contributed by atoms with Crippen molar-refractivity contribution in [2.45, 2.75) is 26.5 Å². The molecule has 5 rings (SSSR count). The van der Waals surface area contributed by atoms with Gasteiger partial charge in [-0.25, -0.2) is 14.8 Å². The molecule has 1 amide bonds. The van der Waals surface area contributed by atoms with Crippen LogP contribution in [-0.2, 0) is 4.74 Å². The van der Waals surface area contributed by atoms with Crippen LogP contribution in [0.15, 0.2) is 53.3 Å². The monoisotopic (exact) mass is 460 g/mol. The molecule has 1 unspecified atom stereocenters. The Morgan fingerprint density at radius 3 is 2.74 bits per heavy atom. The molecule has 8 nitrogen and oxygen atoms in total. The first-order chi connectivity index (χ1) is 16.5. The summed E-state index contributed by atoms with van der Waals surface area (Å²) in [5.41, 5.74) is 6.06. The number of hydrogen-bond donors (Lipinski definition) is 1. The van der Waals surface area contributed by atoms with E-state index in [1.165, 1.54) is 6.39 Å². The average molecular weight is 461 g/mol. The number of aromatic nitrogens is 2. The van der Waals surface area contributed by atoms with Crippen molar-refractivity contribution in [3.8, 4) is 11.3 Å². The molecule has 2 aromatic heterocycles. The van der Waals surface area contributed by atoms with Crippen LogP contribution in [-0.4, -0.2) is 63.8 Å². The van der Waals surface area contributed by atoms with E-state index < -0.39 is 6.23 Å². The highest BCUT2D eigenvalue weighted by Gasteiger charge is 2.26. The van der Waals surface area contributed by atoms with Crippen LogP contribution in [0.1, 0.15) is 30.7 Å². The van der Waals surface area contributed by atoms with E-state index in [0.717, 1.165) is 50.8 Å². The lowest BCUT2D eigenvalue weighted by molar-refractivity contribution is -0.0266. The molecule has 1 saturated heterocycles. The molecule has 0 spiro atoms. The molecule has 0 radical (unpaired) electrons. The number of benzene rings is 2. The second-order valence-corrected chi connectivity index (χ2v) is 8.65. The maximum Gasteiger partial charge on any atom is 0.409 e. The molecule has 1 fully saturated rings. The molecular weight excluding hydrogens is 432 g/mol. The Bertz CT molecular complexity index is 1330. The van der Waals surface area contributed by atoms with Gasteiger partial charge in [-0.3, -0.25) is 4.90 Å². The molecule has 1 N–H and O–H groups in total. The minimum absolute atomic E-state index is 0.280. The molecule has 1 atom stereocenters. The number of amides is 1. The van der Waals surface area contributed by atoms with Crippen molar-refractivity contribution in [2.24, 2.45) is 0 Å². The zero-order valence-electron chi connectivity index (χ0n) is 19.4. The fraction of sp³-hybridized carbons (Fsp3) is 0.346. The van der Waals surface area contributed by atoms with Gasteiger partial charge in [0.25, 0.3) is 0 Å². The summed E-state index contributed by atoms with van der Waals surface area (Å²) in [7, 11) is 0. The quantitative estimate of drug-likeness (QED) is 0.469. The number of aliphatic hydroxyl groups is 1. The Balaban J connectivity index is 1.36. The normalized spacial score (nSPS) is 15.7. The van der Waals surface area contributed by atoms with Crippen LogP contribution in [0.5, 0.6) is 0 Å². The predicted molar refractivity (Wildman–Crippen MR) is 129 cm³/mol. The lowest BCUT2D eigenvalue weighted by Gasteiger charge is -2.36. The number of fused-ring (bicyclic) bond motifs is 2. The summed E-state index contributed by atoms with van der Waals surface area (Å²) in [5.74, 6) is 0. The zero-order chi connectivity index (χ0) is 23.7. The van der Waals surface area contributed by atoms with Crippen molar-refractivity contribution in [1.82, 2.24) is 19.8 Å². The van der Waals surface area contributed by atoms with E-state index >= 15 is 0 Å². The van der Waals surface area contributed by atoms with Crippen LogP contribution in [0.3, 0.4) is 0 Å². The van der Waals surface area contributed by atoms with Crippen molar-refractivity contribution in [1.29, 1.82) is 0 Å². The lowest BCUT2D eigenvalue weighted by Crippen LogP contribution is -2.49. The van der Waals surface area contributed by atoms with Crippen molar-refractivity contribution in [3.63, 3.8) is 0 Å². The second kappa shape index (κ2) is 9.40. The van der Waals surface area contributed by atoms with E-state index in [9.17, 15) is 9.90 Å². The van der Waals surface area contributed by atoms with Crippen LogP contribution >= 0.6 is 0 Å². The zero-order valence-corrected chi connectivity index (χ0v) is 19.4. The highest BCUT2D eigenvalue weighted by atomic mass is 16.6. The molecule has 2 aromatic carbocycles. The summed E-state index contributed by atoms with van der Waals surface area (Å²) >= 11 is 0. The molecule has 176 valence electrons. The average Bonchev–Trinajstić information content (AvgIpc) is 3.34. The lowest BCUT2D eigenvalue weighted by atomic mass is 10.0. The number of aliphatic hydroxyl groups excluding tert-OH is 1. The Hall–Kier alpha value is -3.49. The third-order valence-electron chi connectivity index (χ3n) is 6.31. The van der Waals surface area contributed by atoms with Gasteiger partial charge >= 0.3 is 6.09 Å². The van der Waals surface area contributed by atoms with Crippen molar-refractivity contribution >= 4 is 28.1 Å². The minimum Gasteiger partial charge on any atom is -0.449 e. The predicted octanol–water partition coefficient (Wildman–Crippen LogP) is 4.51. The van der Waals surface area contributed by atoms with Gasteiger partial charge in [0.2, 0.25) is 0 Å². The van der Waals surface area contributed by atoms with Crippen LogP contribution in [0.2, 0.25) is 0 Å². The molecule has 3 heterocycles. The van der Waals surface area contributed by atoms with Gasteiger partial charge in [0.15, 0.2) is 12.0 Å². The summed E-state index contributed by atoms with van der Waals surface area (Å²) in [6.07, 6.45) is 1.19. The van der Waals surface area contributed by atoms with Gasteiger partial charge in [0, 0.05) is 37.1 Å². The largest absolute Gasteiger partial charge is 0.449 e. The molecule has 1 aliphatic heterocycles. The van der Waals surface area contributed by atoms with E-state index in [-0.39, 0.29) is 6.09 Å². The molecule has 34 heavy (non-hydrogen) atoms. The first-order valence-electron chi connectivity index (χ1n) is 11.6. The fourth-order valence-corrected chi connectivity index (χ4v) is 4.39. The SMILES string of the molecule is CCCOC(=O)N1CCN(C(O)c2ccc3c(C)cc(-c4ccc5ocnc5c4)nc3c2)CC1. The highest BCUT2D eigenvalue weighted by Crippen LogP contribution is 2.29. The summed E-state index contributed by atoms with van der Waals surface area (Å²) in [6, 6.07) is 13.8. The number of aryl methyl sites for hydroxylation is 1. The number of carbonyl (C=O) groups is 1. The number of oxazole rings is 1. The summed E-state index contributed by atoms with van der Waals surface area (Å²) in [4.78, 5) is 24.9. The maximum absolute atomic E-state index is 12.1. The van der Waals surface area contributed by atoms with E-state index in [1.807, 2.05) is 48.2 Å². The number of carbonyl (C=O) groups excluding carboxylic acids is 1. The molecule has 0 saturated carbocycles. The standard InChI is InChI=1S/C26H28N4O4/c1-3-12-33-26(32)30-10-8-29(9-11-30)25(31)19-4-6-20-17(2)13-21(28-22(20)15-19)18-5-7-24-23(14-18)27-16-34-24/h4-7,13-16,25,31H,3,8-12H2,1-2H3. The van der Waals surface area contributed by atoms with Crippen molar-refractivity contribution in [2.75, 3.05) is 32.8 Å². The minimum atomic E-state index is -0.768. The Labute approximate surface area is 197 Å². The third kappa shape index (κ3) is 4.34. The Morgan fingerprint density at radius 2 is 1.94 bits per heavy atom. The third-order valence-corrected chi connectivity index (χ3v) is 6.31. The van der Waals surface area contributed by atoms with Crippen LogP contribution in [0, 0.1) is 6.92 Å². The number of ether oxygens (including phenoxy) is 1. The van der Waals surface area contributed by atoms with E-state index in [1.54, 1.807) is 4.90 Å². The highest BCUT2D eigenvalue weighted by molar-refractivity contribution is 5.87. The summed E-state index contributed by atoms with van der Waals surface area (Å²) in [5, 5.41) is 12.1. The number of hydrogen-bond acceptors (Lipinski definition) is 7. The number of pyridine rings is 1. The number of nitrogens with zero attached hydrogens (tertiary/aromatic N) is 4. The molecule has 8 heteroatoms. The Kier molecular flexibility index (Phi) is 6.17. The van der Waals surface area contributed by atoms with E-state index in [4.69, 9.17) is 14.1 Å². The molecule has 4 aromatic rings. The van der Waals surface area contributed by atoms with Gasteiger partial charge in [0.1, 0.15) is 11.7 Å². The van der Waals surface area contributed by atoms with Gasteiger partial charge in [0.05, 0.1) is 17.8 Å². The van der Waals surface area contributed by atoms with Crippen LogP contribution < -0.4 is 0 Å². The molecule has 0 aliphatic carbocycles. The van der Waals surface area contributed by atoms with Crippen molar-refractivity contribution in [3.05, 3.63) is 60.0 Å². The maximum atomic E-state index is 12.1. The van der Waals surface area contributed by atoms with E-state index in [0.29, 0.717) is 32.8 Å². The smallest absolute Gasteiger partial charge is 0.409 e. The molecule has 1 aliphatic rings. The van der Waals surface area contributed by atoms with Gasteiger partial charge in [-0.05, 0) is 54.8 Å². The van der Waals surface area contributed by atoms with E-state index in [2.05, 4.69) is 18.0 Å². The van der Waals surface area contributed by atoms with Gasteiger partial charge in [-0.2, -0.15) is 0 Å². The van der Waals surface area contributed by atoms with Gasteiger partial charge < -0.3 is 19.2 Å². The summed E-state index contributed by atoms with van der Waals surface area (Å²) in [6.45, 7) is 6.67. The number of rotatable bonds is 5. The van der Waals surface area contributed by atoms with Gasteiger partial charge in [-0.15, -0.1) is 0 Å². The van der Waals surface area contributed by atoms with Crippen LogP contribution in [0.25, 0.3) is 33.3 Å². The van der Waals surface area contributed by atoms with Gasteiger partial charge in [-0.1, -0.05) is 19.1 Å². The second-order valence-electron chi connectivity index (χ2n) is 8.65. The fourth-order valence-electron chi connectivity index (χ4n) is 4.39. The first kappa shape index (κ1) is 22.3. The molecule has 0 bridgehead atoms. The summed E-state index contributed by atoms with van der Waals surface area (Å²) < 4.78 is 10.6. The van der Waals surface area contributed by atoms with Crippen LogP contribution in [0.4, 0.5) is 4.79 Å². The molecular formula is C26H28N4O4. The topological polar surface area (TPSA) is 91.9 Å². The first-order valence-corrected chi connectivity index (χ1v) is 11.6. The Morgan fingerprint density at radius 1 is 1.12 bits per heavy atom. The number of piperazine rings is 1.